The zero-order valence-corrected chi connectivity index (χ0v) is 21.1. The van der Waals surface area contributed by atoms with Crippen molar-refractivity contribution in [2.24, 2.45) is 0 Å². The van der Waals surface area contributed by atoms with Crippen LogP contribution in [0.3, 0.4) is 0 Å². The van der Waals surface area contributed by atoms with Crippen LogP contribution >= 0.6 is 0 Å². The molecule has 1 aromatic heterocycles. The number of hydrogen-bond donors (Lipinski definition) is 1. The Hall–Kier alpha value is -3.45. The number of morpholine rings is 1. The molecule has 186 valence electrons. The Balaban J connectivity index is 0.000000420. The van der Waals surface area contributed by atoms with Gasteiger partial charge in [0.2, 0.25) is 0 Å². The molecule has 0 atom stereocenters. The van der Waals surface area contributed by atoms with Crippen LogP contribution in [0.2, 0.25) is 0 Å². The minimum Gasteiger partial charge on any atom is -0.378 e. The van der Waals surface area contributed by atoms with Gasteiger partial charge in [-0.25, -0.2) is 9.37 Å². The van der Waals surface area contributed by atoms with Gasteiger partial charge in [0.25, 0.3) is 5.91 Å². The van der Waals surface area contributed by atoms with Gasteiger partial charge in [-0.05, 0) is 50.1 Å². The van der Waals surface area contributed by atoms with Gasteiger partial charge in [-0.3, -0.25) is 4.79 Å². The van der Waals surface area contributed by atoms with E-state index in [9.17, 15) is 9.18 Å². The fourth-order valence-electron chi connectivity index (χ4n) is 3.71. The van der Waals surface area contributed by atoms with Crippen LogP contribution in [0.4, 0.5) is 16.0 Å². The predicted octanol–water partition coefficient (Wildman–Crippen LogP) is 4.75. The second kappa shape index (κ2) is 12.9. The van der Waals surface area contributed by atoms with Gasteiger partial charge in [0.05, 0.1) is 18.8 Å². The van der Waals surface area contributed by atoms with E-state index in [1.807, 2.05) is 50.1 Å². The molecule has 1 fully saturated rings. The average molecular weight is 479 g/mol. The summed E-state index contributed by atoms with van der Waals surface area (Å²) in [4.78, 5) is 21.9. The first-order valence-corrected chi connectivity index (χ1v) is 12.0. The number of anilines is 2. The maximum absolute atomic E-state index is 13.1. The number of nitrogens with one attached hydrogen (secondary N) is 1. The van der Waals surface area contributed by atoms with E-state index in [-0.39, 0.29) is 11.7 Å². The van der Waals surface area contributed by atoms with Crippen LogP contribution in [0.1, 0.15) is 34.0 Å². The van der Waals surface area contributed by atoms with Gasteiger partial charge in [0.15, 0.2) is 0 Å². The molecule has 1 aliphatic rings. The van der Waals surface area contributed by atoms with Crippen molar-refractivity contribution in [2.75, 3.05) is 49.7 Å². The maximum Gasteiger partial charge on any atom is 0.255 e. The molecule has 0 aliphatic carbocycles. The standard InChI is InChI=1S/C21H27FN4O2.C7H8/c1-4-25(3)20-19(21(27)23-14-16-5-7-17(22)8-6-16)15(2)13-18(24-20)26-9-11-28-12-10-26;1-7-5-3-2-4-6-7/h5-8,13H,4,9-12,14H2,1-3H3,(H,23,27);2-6H,1H3. The largest absolute Gasteiger partial charge is 0.378 e. The third-order valence-corrected chi connectivity index (χ3v) is 5.89. The highest BCUT2D eigenvalue weighted by molar-refractivity contribution is 6.00. The number of aryl methyl sites for hydroxylation is 2. The smallest absolute Gasteiger partial charge is 0.255 e. The summed E-state index contributed by atoms with van der Waals surface area (Å²) in [7, 11) is 1.93. The highest BCUT2D eigenvalue weighted by atomic mass is 19.1. The molecule has 7 heteroatoms. The number of ether oxygens (including phenoxy) is 1. The maximum atomic E-state index is 13.1. The average Bonchev–Trinajstić information content (AvgIpc) is 2.88. The molecule has 2 aromatic carbocycles. The van der Waals surface area contributed by atoms with Crippen LogP contribution in [0.5, 0.6) is 0 Å². The lowest BCUT2D eigenvalue weighted by Crippen LogP contribution is -2.37. The zero-order chi connectivity index (χ0) is 25.2. The minimum absolute atomic E-state index is 0.182. The Labute approximate surface area is 207 Å². The van der Waals surface area contributed by atoms with Crippen molar-refractivity contribution in [3.05, 3.63) is 88.7 Å². The molecule has 0 saturated carbocycles. The summed E-state index contributed by atoms with van der Waals surface area (Å²) in [5, 5.41) is 2.93. The Morgan fingerprint density at radius 3 is 2.31 bits per heavy atom. The van der Waals surface area contributed by atoms with E-state index in [2.05, 4.69) is 29.3 Å². The van der Waals surface area contributed by atoms with Crippen LogP contribution in [-0.2, 0) is 11.3 Å². The van der Waals surface area contributed by atoms with Crippen LogP contribution < -0.4 is 15.1 Å². The number of halogens is 1. The first-order valence-electron chi connectivity index (χ1n) is 12.0. The predicted molar refractivity (Wildman–Crippen MR) is 140 cm³/mol. The van der Waals surface area contributed by atoms with Crippen LogP contribution in [-0.4, -0.2) is 50.8 Å². The van der Waals surface area contributed by atoms with E-state index in [1.165, 1.54) is 17.7 Å². The summed E-state index contributed by atoms with van der Waals surface area (Å²) in [5.41, 5.74) is 3.62. The lowest BCUT2D eigenvalue weighted by atomic mass is 10.1. The summed E-state index contributed by atoms with van der Waals surface area (Å²) in [6.07, 6.45) is 0. The second-order valence-electron chi connectivity index (χ2n) is 8.57. The number of amides is 1. The number of aromatic nitrogens is 1. The quantitative estimate of drug-likeness (QED) is 0.554. The van der Waals surface area contributed by atoms with E-state index in [0.29, 0.717) is 31.1 Å². The molecular weight excluding hydrogens is 443 g/mol. The molecule has 3 aromatic rings. The number of hydrogen-bond acceptors (Lipinski definition) is 5. The molecule has 0 spiro atoms. The third kappa shape index (κ3) is 7.52. The molecule has 35 heavy (non-hydrogen) atoms. The number of benzene rings is 2. The SMILES string of the molecule is CCN(C)c1nc(N2CCOCC2)cc(C)c1C(=O)NCc1ccc(F)cc1.Cc1ccccc1. The molecule has 6 nitrogen and oxygen atoms in total. The van der Waals surface area contributed by atoms with Gasteiger partial charge in [0, 0.05) is 33.2 Å². The molecule has 0 unspecified atom stereocenters. The Morgan fingerprint density at radius 2 is 1.74 bits per heavy atom. The minimum atomic E-state index is -0.291. The zero-order valence-electron chi connectivity index (χ0n) is 21.1. The first kappa shape index (κ1) is 26.2. The Morgan fingerprint density at radius 1 is 1.09 bits per heavy atom. The van der Waals surface area contributed by atoms with Gasteiger partial charge in [0.1, 0.15) is 17.5 Å². The van der Waals surface area contributed by atoms with Gasteiger partial charge in [-0.15, -0.1) is 0 Å². The van der Waals surface area contributed by atoms with Crippen LogP contribution in [0.25, 0.3) is 0 Å². The number of carbonyl (C=O) groups is 1. The number of rotatable bonds is 6. The van der Waals surface area contributed by atoms with Crippen molar-refractivity contribution in [3.8, 4) is 0 Å². The van der Waals surface area contributed by atoms with Gasteiger partial charge < -0.3 is 19.9 Å². The lowest BCUT2D eigenvalue weighted by molar-refractivity contribution is 0.0950. The monoisotopic (exact) mass is 478 g/mol. The number of pyridine rings is 1. The van der Waals surface area contributed by atoms with E-state index in [4.69, 9.17) is 9.72 Å². The van der Waals surface area contributed by atoms with E-state index >= 15 is 0 Å². The molecular formula is C28H35FN4O2. The van der Waals surface area contributed by atoms with Crippen molar-refractivity contribution in [1.82, 2.24) is 10.3 Å². The molecule has 1 amide bonds. The Bertz CT molecular complexity index is 1080. The van der Waals surface area contributed by atoms with Crippen molar-refractivity contribution in [1.29, 1.82) is 0 Å². The van der Waals surface area contributed by atoms with Crippen molar-refractivity contribution in [3.63, 3.8) is 0 Å². The summed E-state index contributed by atoms with van der Waals surface area (Å²) >= 11 is 0. The summed E-state index contributed by atoms with van der Waals surface area (Å²) in [6.45, 7) is 10.1. The lowest BCUT2D eigenvalue weighted by Gasteiger charge is -2.30. The van der Waals surface area contributed by atoms with Crippen molar-refractivity contribution < 1.29 is 13.9 Å². The topological polar surface area (TPSA) is 57.7 Å². The molecule has 1 N–H and O–H groups in total. The van der Waals surface area contributed by atoms with Crippen LogP contribution in [0, 0.1) is 19.7 Å². The van der Waals surface area contributed by atoms with Gasteiger partial charge >= 0.3 is 0 Å². The molecule has 4 rings (SSSR count). The molecule has 0 bridgehead atoms. The van der Waals surface area contributed by atoms with Gasteiger partial charge in [-0.2, -0.15) is 0 Å². The molecule has 1 saturated heterocycles. The number of nitrogens with zero attached hydrogens (tertiary/aromatic N) is 3. The fraction of sp³-hybridized carbons (Fsp3) is 0.357. The van der Waals surface area contributed by atoms with Crippen molar-refractivity contribution >= 4 is 17.5 Å². The molecule has 1 aliphatic heterocycles. The second-order valence-corrected chi connectivity index (χ2v) is 8.57. The third-order valence-electron chi connectivity index (χ3n) is 5.89. The summed E-state index contributed by atoms with van der Waals surface area (Å²) in [6, 6.07) is 18.3. The molecule has 2 heterocycles. The van der Waals surface area contributed by atoms with E-state index in [0.717, 1.165) is 36.6 Å². The highest BCUT2D eigenvalue weighted by Gasteiger charge is 2.22. The molecule has 0 radical (unpaired) electrons. The Kier molecular flexibility index (Phi) is 9.61. The fourth-order valence-corrected chi connectivity index (χ4v) is 3.71. The van der Waals surface area contributed by atoms with Gasteiger partial charge in [-0.1, -0.05) is 48.0 Å². The van der Waals surface area contributed by atoms with Crippen molar-refractivity contribution in [2.45, 2.75) is 27.3 Å². The highest BCUT2D eigenvalue weighted by Crippen LogP contribution is 2.26. The number of carbonyl (C=O) groups excluding carboxylic acids is 1. The summed E-state index contributed by atoms with van der Waals surface area (Å²) < 4.78 is 18.5. The van der Waals surface area contributed by atoms with E-state index in [1.54, 1.807) is 12.1 Å². The van der Waals surface area contributed by atoms with E-state index < -0.39 is 0 Å². The van der Waals surface area contributed by atoms with Crippen LogP contribution in [0.15, 0.2) is 60.7 Å². The normalized spacial score (nSPS) is 13.0. The first-order chi connectivity index (χ1) is 16.9. The summed E-state index contributed by atoms with van der Waals surface area (Å²) in [5.74, 6) is 1.06.